The van der Waals surface area contributed by atoms with Crippen molar-refractivity contribution in [3.63, 3.8) is 0 Å². The molecule has 0 spiro atoms. The summed E-state index contributed by atoms with van der Waals surface area (Å²) in [6.07, 6.45) is 9.78. The topological polar surface area (TPSA) is 154 Å². The van der Waals surface area contributed by atoms with Crippen molar-refractivity contribution in [1.82, 2.24) is 0 Å². The number of esters is 1. The Kier molecular flexibility index (Phi) is 6.82. The molecule has 0 aromatic heterocycles. The number of rotatable bonds is 1. The second-order valence-electron chi connectivity index (χ2n) is 13.7. The predicted molar refractivity (Wildman–Crippen MR) is 163 cm³/mol. The van der Waals surface area contributed by atoms with Gasteiger partial charge in [-0.25, -0.2) is 0 Å². The molecule has 2 fully saturated rings. The highest BCUT2D eigenvalue weighted by atomic mass is 16.5. The highest BCUT2D eigenvalue weighted by Gasteiger charge is 2.56. The van der Waals surface area contributed by atoms with Crippen LogP contribution in [0.2, 0.25) is 0 Å². The van der Waals surface area contributed by atoms with Crippen LogP contribution in [0.5, 0.6) is 17.2 Å². The number of aliphatic hydroxyl groups is 2. The number of hydrogen-bond donors (Lipinski definition) is 5. The third-order valence-corrected chi connectivity index (χ3v) is 11.2. The van der Waals surface area contributed by atoms with E-state index in [0.29, 0.717) is 45.8 Å². The largest absolute Gasteiger partial charge is 0.508 e. The molecule has 2 aromatic carbocycles. The smallest absolute Gasteiger partial charge is 0.302 e. The summed E-state index contributed by atoms with van der Waals surface area (Å²) in [5.74, 6) is 0.649. The summed E-state index contributed by atoms with van der Waals surface area (Å²) in [5.41, 5.74) is 3.74. The van der Waals surface area contributed by atoms with E-state index in [4.69, 9.17) is 9.47 Å². The minimum atomic E-state index is -1.33. The molecule has 1 aliphatic heterocycles. The normalized spacial score (nSPS) is 32.2. The van der Waals surface area contributed by atoms with Crippen molar-refractivity contribution in [3.05, 3.63) is 81.8 Å². The zero-order valence-electron chi connectivity index (χ0n) is 25.4. The monoisotopic (exact) mass is 614 g/mol. The van der Waals surface area contributed by atoms with Gasteiger partial charge < -0.3 is 35.0 Å². The van der Waals surface area contributed by atoms with Gasteiger partial charge in [-0.1, -0.05) is 13.0 Å². The van der Waals surface area contributed by atoms with E-state index in [-0.39, 0.29) is 47.8 Å². The van der Waals surface area contributed by atoms with E-state index >= 15 is 0 Å². The van der Waals surface area contributed by atoms with Crippen LogP contribution in [-0.2, 0) is 31.9 Å². The lowest BCUT2D eigenvalue weighted by Gasteiger charge is -2.50. The van der Waals surface area contributed by atoms with Gasteiger partial charge in [0.05, 0.1) is 0 Å². The van der Waals surface area contributed by atoms with Gasteiger partial charge in [0.1, 0.15) is 24.1 Å². The Morgan fingerprint density at radius 1 is 0.978 bits per heavy atom. The summed E-state index contributed by atoms with van der Waals surface area (Å²) in [6, 6.07) is 8.70. The van der Waals surface area contributed by atoms with Gasteiger partial charge in [-0.3, -0.25) is 9.59 Å². The number of phenolic OH excluding ortho intramolecular Hbond substituents is 3. The van der Waals surface area contributed by atoms with Crippen LogP contribution in [0.1, 0.15) is 74.1 Å². The molecule has 6 atom stereocenters. The lowest BCUT2D eigenvalue weighted by Crippen LogP contribution is -2.45. The van der Waals surface area contributed by atoms with Crippen molar-refractivity contribution in [3.8, 4) is 17.2 Å². The summed E-state index contributed by atoms with van der Waals surface area (Å²) in [4.78, 5) is 23.0. The van der Waals surface area contributed by atoms with E-state index in [1.807, 2.05) is 12.1 Å². The second-order valence-corrected chi connectivity index (χ2v) is 13.7. The maximum absolute atomic E-state index is 11.5. The quantitative estimate of drug-likeness (QED) is 0.214. The molecule has 8 rings (SSSR count). The van der Waals surface area contributed by atoms with Gasteiger partial charge in [0.15, 0.2) is 17.3 Å². The number of fused-ring (bicyclic) bond motifs is 9. The molecule has 5 N–H and O–H groups in total. The number of carbonyl (C=O) groups excluding carboxylic acids is 2. The van der Waals surface area contributed by atoms with Crippen LogP contribution < -0.4 is 0 Å². The molecule has 0 bridgehead atoms. The van der Waals surface area contributed by atoms with Crippen molar-refractivity contribution >= 4 is 17.3 Å². The number of allylic oxidation sites excluding steroid dienone is 2. The van der Waals surface area contributed by atoms with Crippen LogP contribution in [0.3, 0.4) is 0 Å². The fourth-order valence-electron chi connectivity index (χ4n) is 9.17. The number of carbonyl (C=O) groups is 2. The van der Waals surface area contributed by atoms with Crippen molar-refractivity contribution in [2.75, 3.05) is 6.61 Å². The number of ether oxygens (including phenoxy) is 2. The fraction of sp³-hybridized carbons (Fsp3) is 0.444. The number of hydrogen-bond acceptors (Lipinski definition) is 9. The van der Waals surface area contributed by atoms with Crippen molar-refractivity contribution in [2.45, 2.75) is 76.4 Å². The van der Waals surface area contributed by atoms with Gasteiger partial charge in [0, 0.05) is 29.9 Å². The number of ketones is 1. The summed E-state index contributed by atoms with van der Waals surface area (Å²) in [6.45, 7) is 3.76. The maximum Gasteiger partial charge on any atom is 0.302 e. The molecule has 2 saturated carbocycles. The second kappa shape index (κ2) is 10.4. The third-order valence-electron chi connectivity index (χ3n) is 11.2. The molecular weight excluding hydrogens is 576 g/mol. The molecule has 1 heterocycles. The van der Waals surface area contributed by atoms with Crippen molar-refractivity contribution in [2.24, 2.45) is 17.3 Å². The lowest BCUT2D eigenvalue weighted by molar-refractivity contribution is -0.154. The van der Waals surface area contributed by atoms with Gasteiger partial charge in [-0.2, -0.15) is 0 Å². The van der Waals surface area contributed by atoms with Crippen molar-refractivity contribution < 1.29 is 44.6 Å². The molecule has 9 heteroatoms. The average molecular weight is 615 g/mol. The first kappa shape index (κ1) is 29.5. The molecule has 9 nitrogen and oxygen atoms in total. The zero-order valence-corrected chi connectivity index (χ0v) is 25.4. The number of aryl methyl sites for hydroxylation is 1. The molecular formula is C36H38O9. The van der Waals surface area contributed by atoms with E-state index in [1.165, 1.54) is 61.6 Å². The predicted octanol–water partition coefficient (Wildman–Crippen LogP) is 5.26. The van der Waals surface area contributed by atoms with E-state index < -0.39 is 17.1 Å². The molecule has 0 saturated heterocycles. The van der Waals surface area contributed by atoms with Crippen LogP contribution >= 0.6 is 0 Å². The van der Waals surface area contributed by atoms with E-state index in [2.05, 4.69) is 13.0 Å². The van der Waals surface area contributed by atoms with Crippen LogP contribution in [0.15, 0.2) is 59.6 Å². The summed E-state index contributed by atoms with van der Waals surface area (Å²) >= 11 is 0. The molecule has 6 aliphatic rings. The van der Waals surface area contributed by atoms with Crippen LogP contribution in [0, 0.1) is 17.3 Å². The van der Waals surface area contributed by atoms with Gasteiger partial charge >= 0.3 is 5.97 Å². The Labute approximate surface area is 261 Å². The Balaban J connectivity index is 0.000000145. The van der Waals surface area contributed by atoms with Crippen LogP contribution in [0.25, 0.3) is 5.57 Å². The molecule has 236 valence electrons. The Morgan fingerprint density at radius 2 is 1.76 bits per heavy atom. The summed E-state index contributed by atoms with van der Waals surface area (Å²) in [5, 5.41) is 49.8. The molecule has 6 unspecified atom stereocenters. The van der Waals surface area contributed by atoms with Gasteiger partial charge in [0.25, 0.3) is 0 Å². The number of phenols is 3. The average Bonchev–Trinajstić information content (AvgIpc) is 3.47. The summed E-state index contributed by atoms with van der Waals surface area (Å²) in [7, 11) is 0. The zero-order chi connectivity index (χ0) is 31.8. The highest BCUT2D eigenvalue weighted by molar-refractivity contribution is 6.06. The fourth-order valence-corrected chi connectivity index (χ4v) is 9.17. The minimum absolute atomic E-state index is 0.0348. The molecule has 45 heavy (non-hydrogen) atoms. The molecule has 5 aliphatic carbocycles. The number of aliphatic hydroxyl groups excluding tert-OH is 1. The maximum atomic E-state index is 11.5. The molecule has 2 aromatic rings. The Bertz CT molecular complexity index is 1720. The standard InChI is InChI=1S/C20H26O3.C16H12O6/c1-12(21)23-19-8-7-18-17-5-3-13-11-14(22)4-6-15(13)16(17)9-10-20(18,19)2;17-10-2-1-8-13-9-4-12(19)11(18)3-7(9)5-16(13,21)6-22-15(8)14(10)20/h4,6,11,16-19,22H,3,5,7-10H2,1-2H3;1-4,18-21H,5-6H2. The third kappa shape index (κ3) is 4.62. The SMILES string of the molecule is CC(=O)OC1CCC2C3CCc4cc(O)ccc4C3CCC12C.O=C1C=CC2=C3c4cc(O)c(O)cc4CC3(O)COC2=C1O. The minimum Gasteiger partial charge on any atom is -0.508 e. The first-order chi connectivity index (χ1) is 21.4. The first-order valence-electron chi connectivity index (χ1n) is 15.7. The van der Waals surface area contributed by atoms with E-state index in [1.54, 1.807) is 0 Å². The van der Waals surface area contributed by atoms with E-state index in [0.717, 1.165) is 19.3 Å². The van der Waals surface area contributed by atoms with E-state index in [9.17, 15) is 35.1 Å². The molecule has 0 radical (unpaired) electrons. The van der Waals surface area contributed by atoms with Crippen LogP contribution in [0.4, 0.5) is 0 Å². The number of aromatic hydroxyl groups is 3. The lowest BCUT2D eigenvalue weighted by atomic mass is 9.55. The van der Waals surface area contributed by atoms with Gasteiger partial charge in [-0.05, 0) is 115 Å². The molecule has 0 amide bonds. The highest BCUT2D eigenvalue weighted by Crippen LogP contribution is 2.61. The van der Waals surface area contributed by atoms with Gasteiger partial charge in [0.2, 0.25) is 11.5 Å². The van der Waals surface area contributed by atoms with Crippen molar-refractivity contribution in [1.29, 1.82) is 0 Å². The summed E-state index contributed by atoms with van der Waals surface area (Å²) < 4.78 is 11.1. The Hall–Kier alpha value is -4.24. The number of benzene rings is 2. The first-order valence-corrected chi connectivity index (χ1v) is 15.7. The Morgan fingerprint density at radius 3 is 2.53 bits per heavy atom. The van der Waals surface area contributed by atoms with Crippen LogP contribution in [-0.4, -0.2) is 55.6 Å². The van der Waals surface area contributed by atoms with Gasteiger partial charge in [-0.15, -0.1) is 0 Å².